The van der Waals surface area contributed by atoms with E-state index in [0.29, 0.717) is 10.8 Å². The molecule has 3 rings (SSSR count). The van der Waals surface area contributed by atoms with Crippen molar-refractivity contribution in [3.05, 3.63) is 28.3 Å². The van der Waals surface area contributed by atoms with Gasteiger partial charge in [0.2, 0.25) is 10.0 Å². The minimum Gasteiger partial charge on any atom is -0.208 e. The molecule has 4 atom stereocenters. The first-order valence-corrected chi connectivity index (χ1v) is 10.3. The Hall–Kier alpha value is -0.870. The first kappa shape index (κ1) is 17.0. The van der Waals surface area contributed by atoms with Crippen LogP contribution in [0, 0.1) is 45.4 Å². The smallest absolute Gasteiger partial charge is 0.208 e. The van der Waals surface area contributed by atoms with E-state index in [1.54, 1.807) is 0 Å². The van der Waals surface area contributed by atoms with Crippen LogP contribution in [0.25, 0.3) is 0 Å². The first-order valence-electron chi connectivity index (χ1n) is 8.80. The van der Waals surface area contributed by atoms with Crippen molar-refractivity contribution in [3.63, 3.8) is 0 Å². The fraction of sp³-hybridized carbons (Fsp3) is 0.684. The van der Waals surface area contributed by atoms with Gasteiger partial charge >= 0.3 is 0 Å². The highest BCUT2D eigenvalue weighted by atomic mass is 32.2. The van der Waals surface area contributed by atoms with Gasteiger partial charge in [-0.25, -0.2) is 13.1 Å². The van der Waals surface area contributed by atoms with Crippen LogP contribution in [0.5, 0.6) is 0 Å². The van der Waals surface area contributed by atoms with Crippen LogP contribution in [0.2, 0.25) is 0 Å². The van der Waals surface area contributed by atoms with E-state index in [2.05, 4.69) is 17.7 Å². The summed E-state index contributed by atoms with van der Waals surface area (Å²) in [7, 11) is -3.47. The third-order valence-electron chi connectivity index (χ3n) is 6.34. The van der Waals surface area contributed by atoms with E-state index < -0.39 is 10.0 Å². The third-order valence-corrected chi connectivity index (χ3v) is 8.17. The summed E-state index contributed by atoms with van der Waals surface area (Å²) in [5.41, 5.74) is 3.84. The lowest BCUT2D eigenvalue weighted by Crippen LogP contribution is -2.40. The molecule has 128 valence electrons. The fourth-order valence-corrected chi connectivity index (χ4v) is 6.79. The highest BCUT2D eigenvalue weighted by Gasteiger charge is 2.42. The normalized spacial score (nSPS) is 28.3. The van der Waals surface area contributed by atoms with Gasteiger partial charge < -0.3 is 0 Å². The number of aryl methyl sites for hydroxylation is 2. The predicted molar refractivity (Wildman–Crippen MR) is 94.1 cm³/mol. The summed E-state index contributed by atoms with van der Waals surface area (Å²) < 4.78 is 29.1. The maximum atomic E-state index is 13.0. The fourth-order valence-electron chi connectivity index (χ4n) is 4.88. The number of benzene rings is 1. The molecule has 1 N–H and O–H groups in total. The Kier molecular flexibility index (Phi) is 4.35. The SMILES string of the molecule is Cc1cc(C)c(C)c(S(=O)(=O)NC(C)C2CC3CCC2C3)c1C. The van der Waals surface area contributed by atoms with Crippen molar-refractivity contribution < 1.29 is 8.42 Å². The molecule has 1 aromatic carbocycles. The van der Waals surface area contributed by atoms with Gasteiger partial charge in [0.05, 0.1) is 4.90 Å². The molecule has 2 bridgehead atoms. The maximum absolute atomic E-state index is 13.0. The Labute approximate surface area is 140 Å². The highest BCUT2D eigenvalue weighted by Crippen LogP contribution is 2.49. The quantitative estimate of drug-likeness (QED) is 0.903. The topological polar surface area (TPSA) is 46.2 Å². The zero-order valence-corrected chi connectivity index (χ0v) is 15.8. The van der Waals surface area contributed by atoms with E-state index in [1.807, 2.05) is 27.7 Å². The molecule has 2 aliphatic carbocycles. The predicted octanol–water partition coefficient (Wildman–Crippen LogP) is 4.02. The van der Waals surface area contributed by atoms with Crippen LogP contribution >= 0.6 is 0 Å². The zero-order valence-electron chi connectivity index (χ0n) is 14.9. The summed E-state index contributed by atoms with van der Waals surface area (Å²) in [6, 6.07) is 2.10. The van der Waals surface area contributed by atoms with Gasteiger partial charge in [0.25, 0.3) is 0 Å². The van der Waals surface area contributed by atoms with Gasteiger partial charge in [-0.05, 0) is 93.9 Å². The largest absolute Gasteiger partial charge is 0.241 e. The monoisotopic (exact) mass is 335 g/mol. The molecule has 0 amide bonds. The Balaban J connectivity index is 1.88. The molecule has 3 nitrogen and oxygen atoms in total. The van der Waals surface area contributed by atoms with Crippen molar-refractivity contribution in [1.82, 2.24) is 4.72 Å². The molecule has 0 spiro atoms. The summed E-state index contributed by atoms with van der Waals surface area (Å²) >= 11 is 0. The van der Waals surface area contributed by atoms with E-state index >= 15 is 0 Å². The Morgan fingerprint density at radius 3 is 2.13 bits per heavy atom. The number of nitrogens with one attached hydrogen (secondary N) is 1. The van der Waals surface area contributed by atoms with Crippen molar-refractivity contribution in [2.24, 2.45) is 17.8 Å². The molecule has 4 heteroatoms. The Bertz CT molecular complexity index is 697. The number of hydrogen-bond acceptors (Lipinski definition) is 2. The van der Waals surface area contributed by atoms with Gasteiger partial charge in [0.15, 0.2) is 0 Å². The molecule has 4 unspecified atom stereocenters. The van der Waals surface area contributed by atoms with Crippen LogP contribution in [-0.2, 0) is 10.0 Å². The van der Waals surface area contributed by atoms with Crippen molar-refractivity contribution >= 4 is 10.0 Å². The van der Waals surface area contributed by atoms with Gasteiger partial charge in [-0.15, -0.1) is 0 Å². The lowest BCUT2D eigenvalue weighted by molar-refractivity contribution is 0.280. The first-order chi connectivity index (χ1) is 10.7. The second kappa shape index (κ2) is 5.89. The molecular formula is C19H29NO2S. The van der Waals surface area contributed by atoms with Gasteiger partial charge in [-0.2, -0.15) is 0 Å². The minimum absolute atomic E-state index is 0.0231. The van der Waals surface area contributed by atoms with Crippen molar-refractivity contribution in [2.75, 3.05) is 0 Å². The molecule has 0 radical (unpaired) electrons. The van der Waals surface area contributed by atoms with Crippen molar-refractivity contribution in [3.8, 4) is 0 Å². The van der Waals surface area contributed by atoms with E-state index in [0.717, 1.165) is 34.1 Å². The van der Waals surface area contributed by atoms with Crippen molar-refractivity contribution in [1.29, 1.82) is 0 Å². The number of fused-ring (bicyclic) bond motifs is 2. The van der Waals surface area contributed by atoms with Crippen LogP contribution in [0.4, 0.5) is 0 Å². The van der Waals surface area contributed by atoms with Crippen LogP contribution in [0.3, 0.4) is 0 Å². The Morgan fingerprint density at radius 1 is 1.04 bits per heavy atom. The summed E-state index contributed by atoms with van der Waals surface area (Å²) in [6.45, 7) is 9.85. The van der Waals surface area contributed by atoms with Crippen LogP contribution in [-0.4, -0.2) is 14.5 Å². The van der Waals surface area contributed by atoms with Gasteiger partial charge in [0.1, 0.15) is 0 Å². The molecule has 2 saturated carbocycles. The molecule has 0 aliphatic heterocycles. The van der Waals surface area contributed by atoms with Gasteiger partial charge in [-0.3, -0.25) is 0 Å². The summed E-state index contributed by atoms with van der Waals surface area (Å²) in [5, 5.41) is 0. The molecule has 0 aromatic heterocycles. The molecule has 23 heavy (non-hydrogen) atoms. The van der Waals surface area contributed by atoms with Crippen molar-refractivity contribution in [2.45, 2.75) is 71.2 Å². The molecular weight excluding hydrogens is 306 g/mol. The second-order valence-electron chi connectivity index (χ2n) is 7.84. The minimum atomic E-state index is -3.47. The van der Waals surface area contributed by atoms with Crippen LogP contribution in [0.1, 0.15) is 54.9 Å². The molecule has 0 heterocycles. The average molecular weight is 336 g/mol. The lowest BCUT2D eigenvalue weighted by Gasteiger charge is -2.29. The standard InChI is InChI=1S/C19H29NO2S/c1-11-8-12(2)14(4)19(13(11)3)23(21,22)20-15(5)18-10-16-6-7-17(18)9-16/h8,15-18,20H,6-7,9-10H2,1-5H3. The number of hydrogen-bond donors (Lipinski definition) is 1. The summed E-state index contributed by atoms with van der Waals surface area (Å²) in [5.74, 6) is 2.07. The van der Waals surface area contributed by atoms with E-state index in [-0.39, 0.29) is 6.04 Å². The molecule has 2 aliphatic rings. The van der Waals surface area contributed by atoms with Crippen LogP contribution in [0.15, 0.2) is 11.0 Å². The van der Waals surface area contributed by atoms with E-state index in [9.17, 15) is 8.42 Å². The number of sulfonamides is 1. The second-order valence-corrected chi connectivity index (χ2v) is 9.49. The summed E-state index contributed by atoms with van der Waals surface area (Å²) in [6.07, 6.45) is 5.12. The van der Waals surface area contributed by atoms with E-state index in [4.69, 9.17) is 0 Å². The Morgan fingerprint density at radius 2 is 1.65 bits per heavy atom. The molecule has 1 aromatic rings. The maximum Gasteiger partial charge on any atom is 0.241 e. The molecule has 0 saturated heterocycles. The van der Waals surface area contributed by atoms with E-state index in [1.165, 1.54) is 25.7 Å². The van der Waals surface area contributed by atoms with Gasteiger partial charge in [0, 0.05) is 6.04 Å². The summed E-state index contributed by atoms with van der Waals surface area (Å²) in [4.78, 5) is 0.491. The number of rotatable bonds is 4. The molecule has 2 fully saturated rings. The van der Waals surface area contributed by atoms with Gasteiger partial charge in [-0.1, -0.05) is 12.5 Å². The average Bonchev–Trinajstić information content (AvgIpc) is 3.07. The zero-order chi connectivity index (χ0) is 16.9. The lowest BCUT2D eigenvalue weighted by atomic mass is 9.84. The third kappa shape index (κ3) is 2.96. The van der Waals surface area contributed by atoms with Crippen LogP contribution < -0.4 is 4.72 Å². The highest BCUT2D eigenvalue weighted by molar-refractivity contribution is 7.89.